The zero-order valence-electron chi connectivity index (χ0n) is 22.2. The van der Waals surface area contributed by atoms with Crippen LogP contribution in [0, 0.1) is 10.1 Å². The Balaban J connectivity index is 1.38. The van der Waals surface area contributed by atoms with Crippen LogP contribution in [0.25, 0.3) is 22.3 Å². The van der Waals surface area contributed by atoms with E-state index >= 15 is 0 Å². The maximum absolute atomic E-state index is 13.5. The summed E-state index contributed by atoms with van der Waals surface area (Å²) < 4.78 is 57.5. The van der Waals surface area contributed by atoms with Crippen LogP contribution in [0.5, 0.6) is 17.2 Å². The van der Waals surface area contributed by atoms with Gasteiger partial charge in [0.15, 0.2) is 17.3 Å². The molecule has 0 unspecified atom stereocenters. The van der Waals surface area contributed by atoms with E-state index in [1.807, 2.05) is 0 Å². The lowest BCUT2D eigenvalue weighted by Crippen LogP contribution is -2.20. The van der Waals surface area contributed by atoms with Crippen molar-refractivity contribution in [3.63, 3.8) is 0 Å². The van der Waals surface area contributed by atoms with E-state index in [9.17, 15) is 28.1 Å². The number of para-hydroxylation sites is 1. The molecule has 1 aliphatic rings. The standard InChI is InChI=1S/C30H18ClF3N4O6/c31-22-10-18(11-24(38(40)41)27(22)42-15-17-8-9-25-26(12-17)44-16-43-25)14-35-37-28(19-4-3-5-20(13-19)30(32,33)34)36-23-7-2-1-6-21(23)29(37)39/h1-14H,15-16H2. The fourth-order valence-corrected chi connectivity index (χ4v) is 4.79. The first-order valence-electron chi connectivity index (χ1n) is 12.8. The van der Waals surface area contributed by atoms with Gasteiger partial charge in [0.25, 0.3) is 5.56 Å². The number of nitro benzene ring substituents is 1. The van der Waals surface area contributed by atoms with Crippen LogP contribution >= 0.6 is 11.6 Å². The minimum atomic E-state index is -4.64. The molecule has 0 saturated carbocycles. The van der Waals surface area contributed by atoms with Crippen molar-refractivity contribution in [2.45, 2.75) is 12.8 Å². The van der Waals surface area contributed by atoms with E-state index in [2.05, 4.69) is 10.1 Å². The summed E-state index contributed by atoms with van der Waals surface area (Å²) in [6, 6.07) is 18.2. The highest BCUT2D eigenvalue weighted by atomic mass is 35.5. The Morgan fingerprint density at radius 2 is 1.84 bits per heavy atom. The summed E-state index contributed by atoms with van der Waals surface area (Å²) in [5, 5.41) is 16.2. The van der Waals surface area contributed by atoms with Crippen LogP contribution in [0.4, 0.5) is 18.9 Å². The molecule has 0 amide bonds. The summed E-state index contributed by atoms with van der Waals surface area (Å²) in [4.78, 5) is 29.1. The molecule has 44 heavy (non-hydrogen) atoms. The third kappa shape index (κ3) is 5.64. The molecular formula is C30H18ClF3N4O6. The molecule has 5 aromatic rings. The average molecular weight is 623 g/mol. The van der Waals surface area contributed by atoms with Gasteiger partial charge in [0.05, 0.1) is 32.6 Å². The van der Waals surface area contributed by atoms with Crippen LogP contribution in [0.2, 0.25) is 5.02 Å². The second-order valence-electron chi connectivity index (χ2n) is 9.48. The van der Waals surface area contributed by atoms with Gasteiger partial charge < -0.3 is 14.2 Å². The summed E-state index contributed by atoms with van der Waals surface area (Å²) in [7, 11) is 0. The maximum Gasteiger partial charge on any atom is 0.416 e. The highest BCUT2D eigenvalue weighted by molar-refractivity contribution is 6.32. The number of hydrogen-bond donors (Lipinski definition) is 0. The topological polar surface area (TPSA) is 118 Å². The summed E-state index contributed by atoms with van der Waals surface area (Å²) in [6.07, 6.45) is -3.51. The third-order valence-corrected chi connectivity index (χ3v) is 6.87. The minimum Gasteiger partial charge on any atom is -0.481 e. The van der Waals surface area contributed by atoms with Gasteiger partial charge in [-0.15, -0.1) is 0 Å². The van der Waals surface area contributed by atoms with E-state index in [4.69, 9.17) is 25.8 Å². The molecule has 6 rings (SSSR count). The van der Waals surface area contributed by atoms with Crippen molar-refractivity contribution < 1.29 is 32.3 Å². The first-order chi connectivity index (χ1) is 21.1. The van der Waals surface area contributed by atoms with E-state index in [1.165, 1.54) is 24.3 Å². The van der Waals surface area contributed by atoms with Crippen LogP contribution in [0.15, 0.2) is 88.8 Å². The van der Waals surface area contributed by atoms with Crippen LogP contribution in [0.3, 0.4) is 0 Å². The lowest BCUT2D eigenvalue weighted by molar-refractivity contribution is -0.385. The van der Waals surface area contributed by atoms with Crippen molar-refractivity contribution in [1.29, 1.82) is 0 Å². The first-order valence-corrected chi connectivity index (χ1v) is 13.2. The second-order valence-corrected chi connectivity index (χ2v) is 9.88. The largest absolute Gasteiger partial charge is 0.481 e. The predicted octanol–water partition coefficient (Wildman–Crippen LogP) is 6.83. The lowest BCUT2D eigenvalue weighted by Gasteiger charge is -2.12. The van der Waals surface area contributed by atoms with E-state index in [0.717, 1.165) is 29.1 Å². The molecule has 0 saturated heterocycles. The highest BCUT2D eigenvalue weighted by Crippen LogP contribution is 2.38. The Morgan fingerprint density at radius 3 is 2.64 bits per heavy atom. The molecule has 2 heterocycles. The molecule has 0 aliphatic carbocycles. The van der Waals surface area contributed by atoms with Gasteiger partial charge in [-0.25, -0.2) is 4.98 Å². The van der Waals surface area contributed by atoms with Crippen molar-refractivity contribution in [2.24, 2.45) is 5.10 Å². The quantitative estimate of drug-likeness (QED) is 0.111. The minimum absolute atomic E-state index is 0.0175. The van der Waals surface area contributed by atoms with E-state index in [1.54, 1.807) is 36.4 Å². The SMILES string of the molecule is O=c1c2ccccc2nc(-c2cccc(C(F)(F)F)c2)n1N=Cc1cc(Cl)c(OCc2ccc3c(c2)OCO3)c([N+](=O)[O-])c1. The Bertz CT molecular complexity index is 2030. The number of aromatic nitrogens is 2. The van der Waals surface area contributed by atoms with Gasteiger partial charge in [0.2, 0.25) is 12.5 Å². The van der Waals surface area contributed by atoms with Crippen molar-refractivity contribution in [3.05, 3.63) is 121 Å². The van der Waals surface area contributed by atoms with Crippen molar-refractivity contribution in [3.8, 4) is 28.6 Å². The van der Waals surface area contributed by atoms with E-state index < -0.39 is 27.9 Å². The lowest BCUT2D eigenvalue weighted by atomic mass is 10.1. The molecule has 0 spiro atoms. The van der Waals surface area contributed by atoms with Gasteiger partial charge in [0, 0.05) is 17.2 Å². The molecule has 0 fully saturated rings. The maximum atomic E-state index is 13.5. The number of nitrogens with zero attached hydrogens (tertiary/aromatic N) is 4. The Morgan fingerprint density at radius 1 is 1.05 bits per heavy atom. The van der Waals surface area contributed by atoms with Gasteiger partial charge in [-0.1, -0.05) is 41.9 Å². The van der Waals surface area contributed by atoms with E-state index in [-0.39, 0.29) is 52.0 Å². The van der Waals surface area contributed by atoms with Crippen LogP contribution in [-0.4, -0.2) is 27.6 Å². The summed E-state index contributed by atoms with van der Waals surface area (Å²) >= 11 is 6.39. The zero-order chi connectivity index (χ0) is 31.0. The normalized spacial score (nSPS) is 12.6. The summed E-state index contributed by atoms with van der Waals surface area (Å²) in [6.45, 7) is 0.0198. The van der Waals surface area contributed by atoms with Crippen molar-refractivity contribution in [2.75, 3.05) is 6.79 Å². The zero-order valence-corrected chi connectivity index (χ0v) is 23.0. The molecule has 0 bridgehead atoms. The van der Waals surface area contributed by atoms with Crippen LogP contribution in [-0.2, 0) is 12.8 Å². The molecule has 4 aromatic carbocycles. The van der Waals surface area contributed by atoms with Gasteiger partial charge >= 0.3 is 11.9 Å². The molecule has 222 valence electrons. The first kappa shape index (κ1) is 28.7. The molecule has 14 heteroatoms. The van der Waals surface area contributed by atoms with Gasteiger partial charge in [-0.3, -0.25) is 14.9 Å². The number of rotatable bonds is 7. The number of hydrogen-bond acceptors (Lipinski definition) is 8. The Hall–Kier alpha value is -5.43. The molecule has 0 atom stereocenters. The number of halogens is 4. The highest BCUT2D eigenvalue weighted by Gasteiger charge is 2.31. The number of ether oxygens (including phenoxy) is 3. The fraction of sp³-hybridized carbons (Fsp3) is 0.100. The molecule has 1 aromatic heterocycles. The van der Waals surface area contributed by atoms with Gasteiger partial charge in [-0.05, 0) is 48.0 Å². The third-order valence-electron chi connectivity index (χ3n) is 6.59. The fourth-order valence-electron chi connectivity index (χ4n) is 4.52. The smallest absolute Gasteiger partial charge is 0.416 e. The Labute approximate surface area is 250 Å². The average Bonchev–Trinajstić information content (AvgIpc) is 3.47. The molecule has 0 N–H and O–H groups in total. The van der Waals surface area contributed by atoms with Crippen LogP contribution in [0.1, 0.15) is 16.7 Å². The number of nitro groups is 1. The number of alkyl halides is 3. The Kier molecular flexibility index (Phi) is 7.39. The van der Waals surface area contributed by atoms with E-state index in [0.29, 0.717) is 17.1 Å². The van der Waals surface area contributed by atoms with Gasteiger partial charge in [0.1, 0.15) is 6.61 Å². The monoisotopic (exact) mass is 622 g/mol. The predicted molar refractivity (Wildman–Crippen MR) is 154 cm³/mol. The second kappa shape index (κ2) is 11.3. The van der Waals surface area contributed by atoms with Crippen molar-refractivity contribution in [1.82, 2.24) is 9.66 Å². The molecule has 0 radical (unpaired) electrons. The van der Waals surface area contributed by atoms with Crippen molar-refractivity contribution >= 4 is 34.4 Å². The van der Waals surface area contributed by atoms with Crippen LogP contribution < -0.4 is 19.8 Å². The summed E-state index contributed by atoms with van der Waals surface area (Å²) in [5.41, 5.74) is -1.07. The summed E-state index contributed by atoms with van der Waals surface area (Å²) in [5.74, 6) is 0.723. The molecular weight excluding hydrogens is 605 g/mol. The van der Waals surface area contributed by atoms with Gasteiger partial charge in [-0.2, -0.15) is 22.9 Å². The number of benzene rings is 4. The molecule has 10 nitrogen and oxygen atoms in total. The molecule has 1 aliphatic heterocycles. The number of fused-ring (bicyclic) bond motifs is 2.